The zero-order valence-corrected chi connectivity index (χ0v) is 24.1. The minimum atomic E-state index is -0.396. The van der Waals surface area contributed by atoms with E-state index in [1.807, 2.05) is 50.2 Å². The van der Waals surface area contributed by atoms with Gasteiger partial charge in [0, 0.05) is 70.6 Å². The molecule has 5 aromatic heterocycles. The van der Waals surface area contributed by atoms with Crippen molar-refractivity contribution >= 4 is 33.5 Å². The van der Waals surface area contributed by atoms with Crippen LogP contribution in [0.1, 0.15) is 19.8 Å². The van der Waals surface area contributed by atoms with Gasteiger partial charge in [-0.05, 0) is 56.9 Å². The van der Waals surface area contributed by atoms with Crippen molar-refractivity contribution in [2.75, 3.05) is 32.6 Å². The molecule has 0 unspecified atom stereocenters. The summed E-state index contributed by atoms with van der Waals surface area (Å²) < 4.78 is 20.4. The van der Waals surface area contributed by atoms with Gasteiger partial charge in [-0.25, -0.2) is 9.37 Å². The molecule has 0 saturated carbocycles. The molecule has 43 heavy (non-hydrogen) atoms. The van der Waals surface area contributed by atoms with E-state index in [2.05, 4.69) is 35.5 Å². The van der Waals surface area contributed by atoms with E-state index in [1.165, 1.54) is 12.1 Å². The molecule has 0 aliphatic rings. The second-order valence-corrected chi connectivity index (χ2v) is 10.6. The summed E-state index contributed by atoms with van der Waals surface area (Å²) in [5.41, 5.74) is 6.41. The van der Waals surface area contributed by atoms with Crippen molar-refractivity contribution in [3.05, 3.63) is 73.1 Å². The average molecular weight is 579 g/mol. The smallest absolute Gasteiger partial charge is 0.224 e. The molecule has 0 saturated heterocycles. The van der Waals surface area contributed by atoms with Crippen molar-refractivity contribution in [1.82, 2.24) is 35.0 Å². The minimum Gasteiger partial charge on any atom is -0.492 e. The molecule has 218 valence electrons. The Morgan fingerprint density at radius 2 is 1.84 bits per heavy atom. The Kier molecular flexibility index (Phi) is 7.80. The van der Waals surface area contributed by atoms with Crippen LogP contribution in [0.15, 0.2) is 67.3 Å². The summed E-state index contributed by atoms with van der Waals surface area (Å²) in [4.78, 5) is 31.0. The maximum Gasteiger partial charge on any atom is 0.224 e. The van der Waals surface area contributed by atoms with Gasteiger partial charge in [0.2, 0.25) is 5.91 Å². The summed E-state index contributed by atoms with van der Waals surface area (Å²) in [7, 11) is 3.91. The summed E-state index contributed by atoms with van der Waals surface area (Å²) in [6, 6.07) is 12.3. The van der Waals surface area contributed by atoms with Gasteiger partial charge in [-0.15, -0.1) is 0 Å². The van der Waals surface area contributed by atoms with Crippen LogP contribution in [0, 0.1) is 5.82 Å². The number of hydrogen-bond acceptors (Lipinski definition) is 7. The van der Waals surface area contributed by atoms with Gasteiger partial charge in [0.1, 0.15) is 23.9 Å². The number of amides is 1. The third-order valence-corrected chi connectivity index (χ3v) is 7.00. The lowest BCUT2D eigenvalue weighted by atomic mass is 10.1. The number of rotatable bonds is 10. The number of nitrogens with one attached hydrogen (secondary N) is 3. The van der Waals surface area contributed by atoms with Gasteiger partial charge in [-0.2, -0.15) is 5.10 Å². The minimum absolute atomic E-state index is 0.0499. The summed E-state index contributed by atoms with van der Waals surface area (Å²) in [5.74, 6) is 0.00485. The molecule has 0 fully saturated rings. The Balaban J connectivity index is 1.35. The number of anilines is 1. The Hall–Kier alpha value is -5.16. The fourth-order valence-electron chi connectivity index (χ4n) is 4.92. The molecular formula is C32H31FN8O2. The van der Waals surface area contributed by atoms with Crippen molar-refractivity contribution in [1.29, 1.82) is 0 Å². The fraction of sp³-hybridized carbons (Fsp3) is 0.219. The van der Waals surface area contributed by atoms with Crippen LogP contribution in [0.25, 0.3) is 55.7 Å². The fourth-order valence-corrected chi connectivity index (χ4v) is 4.92. The quantitative estimate of drug-likeness (QED) is 0.181. The van der Waals surface area contributed by atoms with Crippen molar-refractivity contribution in [2.24, 2.45) is 0 Å². The van der Waals surface area contributed by atoms with Crippen LogP contribution < -0.4 is 10.1 Å². The number of ether oxygens (including phenoxy) is 1. The molecular weight excluding hydrogens is 547 g/mol. The zero-order valence-electron chi connectivity index (χ0n) is 24.1. The summed E-state index contributed by atoms with van der Waals surface area (Å²) in [6.45, 7) is 3.12. The van der Waals surface area contributed by atoms with Gasteiger partial charge in [-0.1, -0.05) is 6.92 Å². The number of carbonyl (C=O) groups is 1. The molecule has 1 amide bonds. The van der Waals surface area contributed by atoms with E-state index in [-0.39, 0.29) is 5.91 Å². The molecule has 0 bridgehead atoms. The van der Waals surface area contributed by atoms with Crippen LogP contribution in [0.3, 0.4) is 0 Å². The van der Waals surface area contributed by atoms with Crippen LogP contribution in [0.4, 0.5) is 10.1 Å². The largest absolute Gasteiger partial charge is 0.492 e. The molecule has 6 aromatic rings. The van der Waals surface area contributed by atoms with Gasteiger partial charge in [-0.3, -0.25) is 19.9 Å². The lowest BCUT2D eigenvalue weighted by Gasteiger charge is -2.12. The summed E-state index contributed by atoms with van der Waals surface area (Å²) in [5, 5.41) is 12.1. The highest BCUT2D eigenvalue weighted by Gasteiger charge is 2.17. The van der Waals surface area contributed by atoms with Gasteiger partial charge >= 0.3 is 0 Å². The monoisotopic (exact) mass is 578 g/mol. The number of aromatic amines is 2. The number of pyridine rings is 3. The predicted molar refractivity (Wildman–Crippen MR) is 165 cm³/mol. The second-order valence-electron chi connectivity index (χ2n) is 10.6. The van der Waals surface area contributed by atoms with Crippen LogP contribution >= 0.6 is 0 Å². The first-order valence-corrected chi connectivity index (χ1v) is 14.0. The lowest BCUT2D eigenvalue weighted by Crippen LogP contribution is -2.19. The number of fused-ring (bicyclic) bond motifs is 2. The van der Waals surface area contributed by atoms with Gasteiger partial charge in [0.15, 0.2) is 5.65 Å². The van der Waals surface area contributed by atoms with E-state index in [9.17, 15) is 9.18 Å². The van der Waals surface area contributed by atoms with Crippen molar-refractivity contribution < 1.29 is 13.9 Å². The van der Waals surface area contributed by atoms with Crippen LogP contribution in [-0.2, 0) is 4.79 Å². The number of carbonyl (C=O) groups excluding carboxylic acids is 1. The molecule has 0 spiro atoms. The van der Waals surface area contributed by atoms with Gasteiger partial charge in [0.05, 0.1) is 23.3 Å². The Morgan fingerprint density at radius 3 is 2.67 bits per heavy atom. The standard InChI is InChI=1S/C32H31FN8O2/c1-4-5-29(42)37-23-11-20(16-34-18-23)21-13-26-31(39-40-32(26)36-17-21)28-15-25-27(38-28)6-7-35-30(25)19-10-22(33)14-24(12-19)43-9-8-41(2)3/h6-7,10-18,38H,4-5,8-9H2,1-3H3,(H,37,42)(H,36,39,40). The normalized spacial score (nSPS) is 11.5. The lowest BCUT2D eigenvalue weighted by molar-refractivity contribution is -0.116. The van der Waals surface area contributed by atoms with E-state index in [0.29, 0.717) is 53.6 Å². The van der Waals surface area contributed by atoms with Crippen LogP contribution in [0.5, 0.6) is 5.75 Å². The molecule has 10 nitrogen and oxygen atoms in total. The Labute approximate surface area is 247 Å². The maximum atomic E-state index is 14.6. The first kappa shape index (κ1) is 28.0. The first-order chi connectivity index (χ1) is 20.9. The number of likely N-dealkylation sites (N-methyl/N-ethyl adjacent to an activating group) is 1. The number of H-pyrrole nitrogens is 2. The topological polar surface area (TPSA) is 125 Å². The van der Waals surface area contributed by atoms with Crippen molar-refractivity contribution in [2.45, 2.75) is 19.8 Å². The van der Waals surface area contributed by atoms with E-state index in [1.54, 1.807) is 30.9 Å². The molecule has 6 rings (SSSR count). The number of aromatic nitrogens is 6. The summed E-state index contributed by atoms with van der Waals surface area (Å²) in [6.07, 6.45) is 8.01. The van der Waals surface area contributed by atoms with E-state index >= 15 is 0 Å². The number of halogens is 1. The Morgan fingerprint density at radius 1 is 0.977 bits per heavy atom. The average Bonchev–Trinajstić information content (AvgIpc) is 3.60. The van der Waals surface area contributed by atoms with Crippen LogP contribution in [-0.4, -0.2) is 68.2 Å². The van der Waals surface area contributed by atoms with E-state index in [0.717, 1.165) is 39.5 Å². The first-order valence-electron chi connectivity index (χ1n) is 14.0. The molecule has 0 aliphatic carbocycles. The number of nitrogens with zero attached hydrogens (tertiary/aromatic N) is 5. The SMILES string of the molecule is CCCC(=O)Nc1cncc(-c2cnc3[nH]nc(-c4cc5c(-c6cc(F)cc(OCCN(C)C)c6)nccc5[nH]4)c3c2)c1. The number of benzene rings is 1. The molecule has 1 aromatic carbocycles. The third-order valence-electron chi connectivity index (χ3n) is 7.00. The molecule has 0 radical (unpaired) electrons. The molecule has 11 heteroatoms. The molecule has 3 N–H and O–H groups in total. The van der Waals surface area contributed by atoms with Gasteiger partial charge in [0.25, 0.3) is 0 Å². The van der Waals surface area contributed by atoms with Gasteiger partial charge < -0.3 is 19.9 Å². The zero-order chi connectivity index (χ0) is 29.9. The predicted octanol–water partition coefficient (Wildman–Crippen LogP) is 6.05. The maximum absolute atomic E-state index is 14.6. The van der Waals surface area contributed by atoms with Crippen molar-refractivity contribution in [3.8, 4) is 39.5 Å². The Bertz CT molecular complexity index is 1930. The van der Waals surface area contributed by atoms with E-state index in [4.69, 9.17) is 4.74 Å². The highest BCUT2D eigenvalue weighted by Crippen LogP contribution is 2.35. The third kappa shape index (κ3) is 6.07. The second kappa shape index (κ2) is 12.0. The molecule has 5 heterocycles. The van der Waals surface area contributed by atoms with E-state index < -0.39 is 5.82 Å². The molecule has 0 atom stereocenters. The molecule has 0 aliphatic heterocycles. The highest BCUT2D eigenvalue weighted by atomic mass is 19.1. The van der Waals surface area contributed by atoms with Crippen molar-refractivity contribution in [3.63, 3.8) is 0 Å². The number of hydrogen-bond donors (Lipinski definition) is 3. The van der Waals surface area contributed by atoms with Crippen LogP contribution in [0.2, 0.25) is 0 Å². The highest BCUT2D eigenvalue weighted by molar-refractivity contribution is 6.00. The summed E-state index contributed by atoms with van der Waals surface area (Å²) >= 11 is 0.